The summed E-state index contributed by atoms with van der Waals surface area (Å²) < 4.78 is 27.7. The van der Waals surface area contributed by atoms with E-state index >= 15 is 0 Å². The van der Waals surface area contributed by atoms with Gasteiger partial charge in [-0.2, -0.15) is 0 Å². The number of sulfonamides is 1. The Labute approximate surface area is 143 Å². The number of hydrogen-bond acceptors (Lipinski definition) is 2. The van der Waals surface area contributed by atoms with Crippen molar-refractivity contribution in [2.45, 2.75) is 24.7 Å². The fourth-order valence-corrected chi connectivity index (χ4v) is 4.19. The van der Waals surface area contributed by atoms with Gasteiger partial charge in [-0.05, 0) is 35.1 Å². The third-order valence-electron chi connectivity index (χ3n) is 4.29. The first kappa shape index (κ1) is 16.5. The molecule has 0 aromatic heterocycles. The molecule has 4 heteroatoms. The molecule has 0 N–H and O–H groups in total. The van der Waals surface area contributed by atoms with Crippen molar-refractivity contribution in [1.29, 1.82) is 0 Å². The first-order valence-corrected chi connectivity index (χ1v) is 9.42. The van der Waals surface area contributed by atoms with Crippen LogP contribution in [-0.4, -0.2) is 15.5 Å². The molecule has 3 nitrogen and oxygen atoms in total. The minimum atomic E-state index is -3.63. The van der Waals surface area contributed by atoms with Crippen LogP contribution in [0.2, 0.25) is 0 Å². The summed E-state index contributed by atoms with van der Waals surface area (Å²) in [7, 11) is -2.02. The monoisotopic (exact) mass is 339 g/mol. The van der Waals surface area contributed by atoms with Crippen LogP contribution in [0.4, 0.5) is 5.69 Å². The predicted octanol–water partition coefficient (Wildman–Crippen LogP) is 4.79. The second-order valence-corrected chi connectivity index (χ2v) is 8.14. The van der Waals surface area contributed by atoms with Gasteiger partial charge in [-0.3, -0.25) is 4.31 Å². The van der Waals surface area contributed by atoms with E-state index in [1.165, 1.54) is 4.31 Å². The van der Waals surface area contributed by atoms with Crippen LogP contribution in [-0.2, 0) is 10.0 Å². The maximum Gasteiger partial charge on any atom is 0.264 e. The zero-order valence-electron chi connectivity index (χ0n) is 14.1. The smallest absolute Gasteiger partial charge is 0.264 e. The fourth-order valence-electron chi connectivity index (χ4n) is 2.79. The topological polar surface area (TPSA) is 37.4 Å². The minimum absolute atomic E-state index is 0.332. The molecule has 3 aromatic rings. The molecule has 0 atom stereocenters. The molecular formula is C20H21NO2S. The van der Waals surface area contributed by atoms with Crippen molar-refractivity contribution < 1.29 is 8.42 Å². The molecule has 3 rings (SSSR count). The van der Waals surface area contributed by atoms with E-state index in [0.29, 0.717) is 16.5 Å². The lowest BCUT2D eigenvalue weighted by molar-refractivity contribution is 0.595. The highest BCUT2D eigenvalue weighted by Crippen LogP contribution is 2.29. The quantitative estimate of drug-likeness (QED) is 0.685. The highest BCUT2D eigenvalue weighted by atomic mass is 32.2. The van der Waals surface area contributed by atoms with Gasteiger partial charge in [0.25, 0.3) is 10.0 Å². The highest BCUT2D eigenvalue weighted by Gasteiger charge is 2.23. The average molecular weight is 339 g/mol. The van der Waals surface area contributed by atoms with Crippen LogP contribution in [0.3, 0.4) is 0 Å². The van der Waals surface area contributed by atoms with Gasteiger partial charge >= 0.3 is 0 Å². The van der Waals surface area contributed by atoms with Crippen molar-refractivity contribution in [3.05, 3.63) is 72.3 Å². The molecule has 0 heterocycles. The van der Waals surface area contributed by atoms with Gasteiger partial charge in [-0.15, -0.1) is 0 Å². The highest BCUT2D eigenvalue weighted by molar-refractivity contribution is 7.93. The second kappa shape index (κ2) is 6.29. The van der Waals surface area contributed by atoms with E-state index < -0.39 is 10.0 Å². The Hall–Kier alpha value is -2.33. The van der Waals surface area contributed by atoms with Crippen LogP contribution in [0.15, 0.2) is 71.6 Å². The number of fused-ring (bicyclic) bond motifs is 1. The largest absolute Gasteiger partial charge is 0.269 e. The molecule has 0 fully saturated rings. The van der Waals surface area contributed by atoms with E-state index in [4.69, 9.17) is 0 Å². The van der Waals surface area contributed by atoms with Crippen molar-refractivity contribution in [2.24, 2.45) is 0 Å². The summed E-state index contributed by atoms with van der Waals surface area (Å²) in [5.74, 6) is 0.346. The Kier molecular flexibility index (Phi) is 4.33. The van der Waals surface area contributed by atoms with Gasteiger partial charge in [-0.25, -0.2) is 8.42 Å². The van der Waals surface area contributed by atoms with Crippen molar-refractivity contribution >= 4 is 26.5 Å². The summed E-state index contributed by atoms with van der Waals surface area (Å²) in [6.45, 7) is 4.19. The van der Waals surface area contributed by atoms with Crippen molar-refractivity contribution in [1.82, 2.24) is 0 Å². The lowest BCUT2D eigenvalue weighted by Crippen LogP contribution is -2.26. The molecule has 0 aliphatic carbocycles. The van der Waals surface area contributed by atoms with Crippen LogP contribution in [0, 0.1) is 0 Å². The first-order valence-electron chi connectivity index (χ1n) is 7.98. The molecular weight excluding hydrogens is 318 g/mol. The summed E-state index contributed by atoms with van der Waals surface area (Å²) in [6.07, 6.45) is 0. The third kappa shape index (κ3) is 2.89. The van der Waals surface area contributed by atoms with E-state index in [9.17, 15) is 8.42 Å². The van der Waals surface area contributed by atoms with Crippen LogP contribution >= 0.6 is 0 Å². The van der Waals surface area contributed by atoms with E-state index in [0.717, 1.165) is 16.3 Å². The van der Waals surface area contributed by atoms with Crippen LogP contribution in [0.5, 0.6) is 0 Å². The summed E-state index contributed by atoms with van der Waals surface area (Å²) in [6, 6.07) is 20.6. The fraction of sp³-hybridized carbons (Fsp3) is 0.200. The molecule has 0 unspecified atom stereocenters. The Balaban J connectivity index is 2.11. The van der Waals surface area contributed by atoms with E-state index in [1.54, 1.807) is 19.2 Å². The first-order chi connectivity index (χ1) is 11.4. The SMILES string of the molecule is CC(C)c1cccc(N(C)S(=O)(=O)c2cccc3ccccc23)c1. The Bertz CT molecular complexity index is 972. The third-order valence-corrected chi connectivity index (χ3v) is 6.13. The summed E-state index contributed by atoms with van der Waals surface area (Å²) in [4.78, 5) is 0.332. The molecule has 0 saturated carbocycles. The van der Waals surface area contributed by atoms with Crippen LogP contribution in [0.1, 0.15) is 25.3 Å². The number of benzene rings is 3. The van der Waals surface area contributed by atoms with Gasteiger partial charge in [0.15, 0.2) is 0 Å². The molecule has 0 bridgehead atoms. The molecule has 0 amide bonds. The minimum Gasteiger partial charge on any atom is -0.269 e. The van der Waals surface area contributed by atoms with E-state index in [-0.39, 0.29) is 0 Å². The van der Waals surface area contributed by atoms with Gasteiger partial charge in [-0.1, -0.05) is 62.4 Å². The maximum absolute atomic E-state index is 13.2. The van der Waals surface area contributed by atoms with E-state index in [1.807, 2.05) is 54.6 Å². The van der Waals surface area contributed by atoms with Gasteiger partial charge in [0, 0.05) is 12.4 Å². The van der Waals surface area contributed by atoms with Crippen molar-refractivity contribution in [3.8, 4) is 0 Å². The van der Waals surface area contributed by atoms with Crippen LogP contribution < -0.4 is 4.31 Å². The zero-order valence-corrected chi connectivity index (χ0v) is 14.9. The van der Waals surface area contributed by atoms with Crippen LogP contribution in [0.25, 0.3) is 10.8 Å². The lowest BCUT2D eigenvalue weighted by Gasteiger charge is -2.21. The lowest BCUT2D eigenvalue weighted by atomic mass is 10.0. The van der Waals surface area contributed by atoms with Gasteiger partial charge in [0.2, 0.25) is 0 Å². The standard InChI is InChI=1S/C20H21NO2S/c1-15(2)17-10-6-11-18(14-17)21(3)24(22,23)20-13-7-9-16-8-4-5-12-19(16)20/h4-15H,1-3H3. The number of rotatable bonds is 4. The predicted molar refractivity (Wildman–Crippen MR) is 100 cm³/mol. The summed E-state index contributed by atoms with van der Waals surface area (Å²) in [5.41, 5.74) is 1.79. The van der Waals surface area contributed by atoms with Gasteiger partial charge in [0.1, 0.15) is 0 Å². The molecule has 0 saturated heterocycles. The maximum atomic E-state index is 13.2. The number of nitrogens with zero attached hydrogens (tertiary/aromatic N) is 1. The summed E-state index contributed by atoms with van der Waals surface area (Å²) in [5, 5.41) is 1.66. The molecule has 24 heavy (non-hydrogen) atoms. The zero-order chi connectivity index (χ0) is 17.3. The Morgan fingerprint density at radius 3 is 2.29 bits per heavy atom. The van der Waals surface area contributed by atoms with Crippen molar-refractivity contribution in [3.63, 3.8) is 0 Å². The van der Waals surface area contributed by atoms with Gasteiger partial charge < -0.3 is 0 Å². The molecule has 0 aliphatic rings. The second-order valence-electron chi connectivity index (χ2n) is 6.20. The average Bonchev–Trinajstić information content (AvgIpc) is 2.60. The Morgan fingerprint density at radius 1 is 0.875 bits per heavy atom. The number of anilines is 1. The molecule has 0 aliphatic heterocycles. The molecule has 124 valence electrons. The molecule has 0 spiro atoms. The van der Waals surface area contributed by atoms with Crippen molar-refractivity contribution in [2.75, 3.05) is 11.4 Å². The Morgan fingerprint density at radius 2 is 1.54 bits per heavy atom. The van der Waals surface area contributed by atoms with E-state index in [2.05, 4.69) is 13.8 Å². The summed E-state index contributed by atoms with van der Waals surface area (Å²) >= 11 is 0. The molecule has 3 aromatic carbocycles. The number of hydrogen-bond donors (Lipinski definition) is 0. The van der Waals surface area contributed by atoms with Gasteiger partial charge in [0.05, 0.1) is 10.6 Å². The normalized spacial score (nSPS) is 11.8. The molecule has 0 radical (unpaired) electrons.